The molecule has 0 bridgehead atoms. The van der Waals surface area contributed by atoms with Crippen LogP contribution in [0.1, 0.15) is 0 Å². The van der Waals surface area contributed by atoms with Gasteiger partial charge in [0.15, 0.2) is 0 Å². The van der Waals surface area contributed by atoms with Gasteiger partial charge in [-0.05, 0) is 0 Å². The van der Waals surface area contributed by atoms with Crippen molar-refractivity contribution >= 4 is 9.73 Å². The molecule has 0 atom stereocenters. The van der Waals surface area contributed by atoms with Gasteiger partial charge in [0.2, 0.25) is 0 Å². The van der Waals surface area contributed by atoms with Crippen LogP contribution in [0.3, 0.4) is 0 Å². The maximum Gasteiger partial charge on any atom is 0.0590 e. The summed E-state index contributed by atoms with van der Waals surface area (Å²) in [7, 11) is -2.21. The first kappa shape index (κ1) is 6.04. The number of hydrogen-bond acceptors (Lipinski definition) is 3. The normalized spacial score (nSPS) is 27.5. The number of nitrogens with one attached hydrogen (secondary N) is 1. The van der Waals surface area contributed by atoms with E-state index < -0.39 is 9.73 Å². The Bertz CT molecular complexity index is 149. The predicted octanol–water partition coefficient (Wildman–Crippen LogP) is 0.0634. The molecule has 8 heavy (non-hydrogen) atoms. The Morgan fingerprint density at radius 3 is 2.12 bits per heavy atom. The van der Waals surface area contributed by atoms with Crippen LogP contribution in [0.25, 0.3) is 0 Å². The Labute approximate surface area is 49.0 Å². The molecule has 0 aromatic heterocycles. The third-order valence-corrected chi connectivity index (χ3v) is 2.77. The van der Waals surface area contributed by atoms with Crippen LogP contribution in [0.2, 0.25) is 0 Å². The first-order valence-corrected chi connectivity index (χ1v) is 4.42. The van der Waals surface area contributed by atoms with Crippen molar-refractivity contribution < 1.29 is 8.95 Å². The van der Waals surface area contributed by atoms with Crippen molar-refractivity contribution in [1.29, 1.82) is 4.78 Å². The minimum Gasteiger partial charge on any atom is -0.379 e. The van der Waals surface area contributed by atoms with Crippen LogP contribution in [-0.4, -0.2) is 28.9 Å². The highest BCUT2D eigenvalue weighted by Crippen LogP contribution is 1.98. The SMILES string of the molecule is N=S1(=O)CCOCC1. The van der Waals surface area contributed by atoms with Gasteiger partial charge in [-0.15, -0.1) is 0 Å². The summed E-state index contributed by atoms with van der Waals surface area (Å²) in [6.45, 7) is 1.00. The topological polar surface area (TPSA) is 50.2 Å². The average Bonchev–Trinajstić information content (AvgIpc) is 1.65. The molecular weight excluding hydrogens is 126 g/mol. The van der Waals surface area contributed by atoms with E-state index in [4.69, 9.17) is 9.52 Å². The van der Waals surface area contributed by atoms with Gasteiger partial charge < -0.3 is 4.74 Å². The van der Waals surface area contributed by atoms with Crippen LogP contribution in [0, 0.1) is 4.78 Å². The summed E-state index contributed by atoms with van der Waals surface area (Å²) in [5, 5.41) is 0. The summed E-state index contributed by atoms with van der Waals surface area (Å²) >= 11 is 0. The molecule has 1 saturated heterocycles. The molecule has 0 unspecified atom stereocenters. The maximum absolute atomic E-state index is 10.8. The molecule has 1 N–H and O–H groups in total. The molecule has 1 aliphatic heterocycles. The molecule has 0 spiro atoms. The summed E-state index contributed by atoms with van der Waals surface area (Å²) in [6.07, 6.45) is 0. The van der Waals surface area contributed by atoms with Crippen LogP contribution < -0.4 is 0 Å². The van der Waals surface area contributed by atoms with Gasteiger partial charge >= 0.3 is 0 Å². The van der Waals surface area contributed by atoms with Crippen molar-refractivity contribution in [2.75, 3.05) is 24.7 Å². The Hall–Kier alpha value is -0.0900. The zero-order valence-corrected chi connectivity index (χ0v) is 5.37. The van der Waals surface area contributed by atoms with E-state index in [1.165, 1.54) is 0 Å². The number of hydrogen-bond donors (Lipinski definition) is 1. The average molecular weight is 135 g/mol. The van der Waals surface area contributed by atoms with E-state index in [0.29, 0.717) is 24.7 Å². The van der Waals surface area contributed by atoms with E-state index in [-0.39, 0.29) is 0 Å². The molecule has 0 aliphatic carbocycles. The third kappa shape index (κ3) is 1.45. The largest absolute Gasteiger partial charge is 0.379 e. The molecule has 1 fully saturated rings. The smallest absolute Gasteiger partial charge is 0.0590 e. The second-order valence-corrected chi connectivity index (χ2v) is 4.27. The fourth-order valence-electron chi connectivity index (χ4n) is 0.591. The van der Waals surface area contributed by atoms with Gasteiger partial charge in [-0.25, -0.2) is 4.21 Å². The zero-order chi connectivity index (χ0) is 6.04. The molecule has 1 rings (SSSR count). The van der Waals surface area contributed by atoms with Gasteiger partial charge in [0.1, 0.15) is 0 Å². The predicted molar refractivity (Wildman–Crippen MR) is 31.4 cm³/mol. The van der Waals surface area contributed by atoms with Crippen molar-refractivity contribution in [2.24, 2.45) is 0 Å². The van der Waals surface area contributed by atoms with Gasteiger partial charge in [0.25, 0.3) is 0 Å². The van der Waals surface area contributed by atoms with Crippen molar-refractivity contribution in [3.05, 3.63) is 0 Å². The van der Waals surface area contributed by atoms with Crippen LogP contribution in [0.15, 0.2) is 0 Å². The van der Waals surface area contributed by atoms with Gasteiger partial charge in [-0.2, -0.15) is 0 Å². The molecule has 48 valence electrons. The standard InChI is InChI=1S/C4H9NO2S/c5-8(6)3-1-7-2-4-8/h5H,1-4H2. The van der Waals surface area contributed by atoms with Gasteiger partial charge in [0, 0.05) is 9.73 Å². The highest BCUT2D eigenvalue weighted by atomic mass is 32.2. The maximum atomic E-state index is 10.8. The molecule has 0 aromatic rings. The van der Waals surface area contributed by atoms with Gasteiger partial charge in [-0.1, -0.05) is 0 Å². The quantitative estimate of drug-likeness (QED) is 0.510. The fraction of sp³-hybridized carbons (Fsp3) is 1.00. The minimum absolute atomic E-state index is 0.424. The lowest BCUT2D eigenvalue weighted by molar-refractivity contribution is 0.158. The van der Waals surface area contributed by atoms with Crippen LogP contribution in [-0.2, 0) is 14.5 Å². The first-order chi connectivity index (χ1) is 3.71. The molecule has 0 radical (unpaired) electrons. The van der Waals surface area contributed by atoms with E-state index >= 15 is 0 Å². The summed E-state index contributed by atoms with van der Waals surface area (Å²) < 4.78 is 22.8. The highest BCUT2D eigenvalue weighted by molar-refractivity contribution is 7.92. The van der Waals surface area contributed by atoms with Gasteiger partial charge in [0.05, 0.1) is 24.7 Å². The Morgan fingerprint density at radius 1 is 1.38 bits per heavy atom. The van der Waals surface area contributed by atoms with E-state index in [1.807, 2.05) is 0 Å². The molecule has 0 aromatic carbocycles. The minimum atomic E-state index is -2.21. The zero-order valence-electron chi connectivity index (χ0n) is 4.55. The molecule has 3 nitrogen and oxygen atoms in total. The fourth-order valence-corrected chi connectivity index (χ4v) is 1.57. The summed E-state index contributed by atoms with van der Waals surface area (Å²) in [5.74, 6) is 0.847. The van der Waals surface area contributed by atoms with Crippen molar-refractivity contribution in [3.8, 4) is 0 Å². The van der Waals surface area contributed by atoms with Crippen LogP contribution in [0.5, 0.6) is 0 Å². The molecule has 1 heterocycles. The van der Waals surface area contributed by atoms with E-state index in [2.05, 4.69) is 0 Å². The summed E-state index contributed by atoms with van der Waals surface area (Å²) in [6, 6.07) is 0. The number of rotatable bonds is 0. The summed E-state index contributed by atoms with van der Waals surface area (Å²) in [5.41, 5.74) is 0. The lowest BCUT2D eigenvalue weighted by Crippen LogP contribution is -2.24. The highest BCUT2D eigenvalue weighted by Gasteiger charge is 2.10. The summed E-state index contributed by atoms with van der Waals surface area (Å²) in [4.78, 5) is 0. The second-order valence-electron chi connectivity index (χ2n) is 1.83. The Kier molecular flexibility index (Phi) is 1.53. The van der Waals surface area contributed by atoms with Crippen LogP contribution in [0.4, 0.5) is 0 Å². The van der Waals surface area contributed by atoms with Crippen LogP contribution >= 0.6 is 0 Å². The van der Waals surface area contributed by atoms with Crippen molar-refractivity contribution in [3.63, 3.8) is 0 Å². The molecule has 0 saturated carbocycles. The van der Waals surface area contributed by atoms with E-state index in [9.17, 15) is 4.21 Å². The Morgan fingerprint density at radius 2 is 1.88 bits per heavy atom. The Balaban J connectivity index is 2.58. The van der Waals surface area contributed by atoms with E-state index in [0.717, 1.165) is 0 Å². The second kappa shape index (κ2) is 2.03. The lowest BCUT2D eigenvalue weighted by atomic mass is 10.8. The van der Waals surface area contributed by atoms with Gasteiger partial charge in [-0.3, -0.25) is 4.78 Å². The molecular formula is C4H9NO2S. The third-order valence-electron chi connectivity index (χ3n) is 1.11. The van der Waals surface area contributed by atoms with Crippen molar-refractivity contribution in [2.45, 2.75) is 0 Å². The first-order valence-electron chi connectivity index (χ1n) is 2.53. The molecule has 1 aliphatic rings. The molecule has 0 amide bonds. The molecule has 4 heteroatoms. The van der Waals surface area contributed by atoms with E-state index in [1.54, 1.807) is 0 Å². The lowest BCUT2D eigenvalue weighted by Gasteiger charge is -2.12. The monoisotopic (exact) mass is 135 g/mol. The van der Waals surface area contributed by atoms with Crippen molar-refractivity contribution in [1.82, 2.24) is 0 Å². The number of ether oxygens (including phenoxy) is 1.